The van der Waals surface area contributed by atoms with Crippen LogP contribution in [0.5, 0.6) is 0 Å². The lowest BCUT2D eigenvalue weighted by Gasteiger charge is -2.34. The first-order valence-corrected chi connectivity index (χ1v) is 8.99. The van der Waals surface area contributed by atoms with Crippen LogP contribution in [0.1, 0.15) is 57.5 Å². The standard InChI is InChI=1S/C18H27N3O4/c1-18(2,3)25-17(24)20-7-4-12(5-8-20)15-19-11-14-10-13(16(22)23)6-9-21(14)15/h11-13H,4-10H2,1-3H3,(H,22,23). The van der Waals surface area contributed by atoms with Crippen LogP contribution in [-0.2, 0) is 22.5 Å². The fraction of sp³-hybridized carbons (Fsp3) is 0.722. The van der Waals surface area contributed by atoms with E-state index in [1.165, 1.54) is 0 Å². The molecule has 3 rings (SSSR count). The number of imidazole rings is 1. The molecule has 25 heavy (non-hydrogen) atoms. The summed E-state index contributed by atoms with van der Waals surface area (Å²) in [5, 5.41) is 9.20. The first-order valence-electron chi connectivity index (χ1n) is 8.99. The van der Waals surface area contributed by atoms with Crippen LogP contribution >= 0.6 is 0 Å². The van der Waals surface area contributed by atoms with Crippen LogP contribution in [0.4, 0.5) is 4.79 Å². The summed E-state index contributed by atoms with van der Waals surface area (Å²) >= 11 is 0. The van der Waals surface area contributed by atoms with Gasteiger partial charge in [-0.05, 0) is 40.0 Å². The fourth-order valence-electron chi connectivity index (χ4n) is 3.67. The molecule has 7 heteroatoms. The molecule has 1 amide bonds. The summed E-state index contributed by atoms with van der Waals surface area (Å²) in [6, 6.07) is 0. The Labute approximate surface area is 148 Å². The molecule has 138 valence electrons. The Morgan fingerprint density at radius 1 is 1.20 bits per heavy atom. The highest BCUT2D eigenvalue weighted by Gasteiger charge is 2.32. The number of rotatable bonds is 2. The van der Waals surface area contributed by atoms with Gasteiger partial charge in [0.2, 0.25) is 0 Å². The largest absolute Gasteiger partial charge is 0.481 e. The zero-order valence-corrected chi connectivity index (χ0v) is 15.2. The molecule has 1 N–H and O–H groups in total. The highest BCUT2D eigenvalue weighted by molar-refractivity contribution is 5.70. The number of carboxylic acids is 1. The maximum Gasteiger partial charge on any atom is 0.410 e. The van der Waals surface area contributed by atoms with Crippen LogP contribution in [0.25, 0.3) is 0 Å². The van der Waals surface area contributed by atoms with E-state index in [0.29, 0.717) is 38.4 Å². The van der Waals surface area contributed by atoms with Crippen molar-refractivity contribution < 1.29 is 19.4 Å². The number of piperidine rings is 1. The lowest BCUT2D eigenvalue weighted by atomic mass is 9.94. The molecule has 0 aromatic carbocycles. The van der Waals surface area contributed by atoms with Crippen LogP contribution in [0.15, 0.2) is 6.20 Å². The van der Waals surface area contributed by atoms with Crippen molar-refractivity contribution in [3.63, 3.8) is 0 Å². The van der Waals surface area contributed by atoms with Crippen molar-refractivity contribution in [3.05, 3.63) is 17.7 Å². The van der Waals surface area contributed by atoms with Crippen molar-refractivity contribution in [3.8, 4) is 0 Å². The first kappa shape index (κ1) is 17.8. The molecule has 1 unspecified atom stereocenters. The number of ether oxygens (including phenoxy) is 1. The van der Waals surface area contributed by atoms with Gasteiger partial charge >= 0.3 is 12.1 Å². The lowest BCUT2D eigenvalue weighted by molar-refractivity contribution is -0.142. The number of likely N-dealkylation sites (tertiary alicyclic amines) is 1. The second-order valence-corrected chi connectivity index (χ2v) is 8.03. The summed E-state index contributed by atoms with van der Waals surface area (Å²) in [6.45, 7) is 7.67. The summed E-state index contributed by atoms with van der Waals surface area (Å²) in [7, 11) is 0. The Balaban J connectivity index is 1.61. The molecular formula is C18H27N3O4. The minimum atomic E-state index is -0.723. The van der Waals surface area contributed by atoms with Gasteiger partial charge in [0, 0.05) is 43.9 Å². The molecule has 7 nitrogen and oxygen atoms in total. The van der Waals surface area contributed by atoms with Gasteiger partial charge in [0.15, 0.2) is 0 Å². The van der Waals surface area contributed by atoms with Gasteiger partial charge in [-0.1, -0.05) is 0 Å². The summed E-state index contributed by atoms with van der Waals surface area (Å²) in [5.74, 6) is 0.335. The molecule has 1 aromatic heterocycles. The number of hydrogen-bond donors (Lipinski definition) is 1. The topological polar surface area (TPSA) is 84.7 Å². The van der Waals surface area contributed by atoms with Gasteiger partial charge in [-0.3, -0.25) is 4.79 Å². The Hall–Kier alpha value is -2.05. The number of carboxylic acid groups (broad SMARTS) is 1. The van der Waals surface area contributed by atoms with E-state index in [2.05, 4.69) is 9.55 Å². The van der Waals surface area contributed by atoms with E-state index in [1.807, 2.05) is 27.0 Å². The molecular weight excluding hydrogens is 322 g/mol. The molecule has 0 saturated carbocycles. The van der Waals surface area contributed by atoms with Gasteiger partial charge < -0.3 is 19.3 Å². The second kappa shape index (κ2) is 6.69. The Bertz CT molecular complexity index is 654. The van der Waals surface area contributed by atoms with E-state index in [9.17, 15) is 14.7 Å². The molecule has 0 radical (unpaired) electrons. The molecule has 2 aliphatic heterocycles. The third-order valence-corrected chi connectivity index (χ3v) is 4.99. The molecule has 1 saturated heterocycles. The van der Waals surface area contributed by atoms with Crippen LogP contribution in [0.3, 0.4) is 0 Å². The first-order chi connectivity index (χ1) is 11.7. The van der Waals surface area contributed by atoms with Gasteiger partial charge in [0.25, 0.3) is 0 Å². The molecule has 1 fully saturated rings. The zero-order valence-electron chi connectivity index (χ0n) is 15.2. The number of aliphatic carboxylic acids is 1. The maximum absolute atomic E-state index is 12.2. The Morgan fingerprint density at radius 3 is 2.48 bits per heavy atom. The minimum Gasteiger partial charge on any atom is -0.481 e. The van der Waals surface area contributed by atoms with Gasteiger partial charge in [-0.25, -0.2) is 9.78 Å². The molecule has 1 atom stereocenters. The summed E-state index contributed by atoms with van der Waals surface area (Å²) in [6.07, 6.45) is 4.50. The summed E-state index contributed by atoms with van der Waals surface area (Å²) in [5.41, 5.74) is 0.541. The number of nitrogens with zero attached hydrogens (tertiary/aromatic N) is 3. The van der Waals surface area contributed by atoms with Gasteiger partial charge in [0.05, 0.1) is 5.92 Å². The number of fused-ring (bicyclic) bond motifs is 1. The number of amides is 1. The van der Waals surface area contributed by atoms with Crippen LogP contribution < -0.4 is 0 Å². The van der Waals surface area contributed by atoms with Crippen LogP contribution in [0, 0.1) is 5.92 Å². The van der Waals surface area contributed by atoms with Gasteiger partial charge in [-0.15, -0.1) is 0 Å². The van der Waals surface area contributed by atoms with Crippen molar-refractivity contribution in [1.29, 1.82) is 0 Å². The van der Waals surface area contributed by atoms with Crippen molar-refractivity contribution in [2.45, 2.75) is 64.5 Å². The average Bonchev–Trinajstić information content (AvgIpc) is 2.96. The maximum atomic E-state index is 12.2. The van der Waals surface area contributed by atoms with Crippen molar-refractivity contribution in [2.75, 3.05) is 13.1 Å². The highest BCUT2D eigenvalue weighted by atomic mass is 16.6. The van der Waals surface area contributed by atoms with E-state index in [4.69, 9.17) is 4.74 Å². The van der Waals surface area contributed by atoms with Crippen molar-refractivity contribution in [2.24, 2.45) is 5.92 Å². The molecule has 0 bridgehead atoms. The molecule has 0 spiro atoms. The smallest absolute Gasteiger partial charge is 0.410 e. The SMILES string of the molecule is CC(C)(C)OC(=O)N1CCC(c2ncc3n2CCC(C(=O)O)C3)CC1. The monoisotopic (exact) mass is 349 g/mol. The summed E-state index contributed by atoms with van der Waals surface area (Å²) < 4.78 is 7.63. The second-order valence-electron chi connectivity index (χ2n) is 8.03. The molecule has 1 aromatic rings. The van der Waals surface area contributed by atoms with Crippen molar-refractivity contribution in [1.82, 2.24) is 14.5 Å². The number of aromatic nitrogens is 2. The van der Waals surface area contributed by atoms with Gasteiger partial charge in [0.1, 0.15) is 11.4 Å². The van der Waals surface area contributed by atoms with Crippen molar-refractivity contribution >= 4 is 12.1 Å². The number of carbonyl (C=O) groups excluding carboxylic acids is 1. The number of carbonyl (C=O) groups is 2. The van der Waals surface area contributed by atoms with E-state index < -0.39 is 11.6 Å². The van der Waals surface area contributed by atoms with Crippen LogP contribution in [0.2, 0.25) is 0 Å². The van der Waals surface area contributed by atoms with E-state index in [0.717, 1.165) is 24.4 Å². The molecule has 2 aliphatic rings. The minimum absolute atomic E-state index is 0.250. The predicted molar refractivity (Wildman–Crippen MR) is 91.5 cm³/mol. The average molecular weight is 349 g/mol. The Morgan fingerprint density at radius 2 is 1.88 bits per heavy atom. The van der Waals surface area contributed by atoms with E-state index in [-0.39, 0.29) is 12.0 Å². The highest BCUT2D eigenvalue weighted by Crippen LogP contribution is 2.31. The fourth-order valence-corrected chi connectivity index (χ4v) is 3.67. The normalized spacial score (nSPS) is 21.7. The lowest BCUT2D eigenvalue weighted by Crippen LogP contribution is -2.41. The quantitative estimate of drug-likeness (QED) is 0.887. The molecule has 0 aliphatic carbocycles. The zero-order chi connectivity index (χ0) is 18.2. The van der Waals surface area contributed by atoms with Gasteiger partial charge in [-0.2, -0.15) is 0 Å². The van der Waals surface area contributed by atoms with E-state index in [1.54, 1.807) is 4.90 Å². The number of hydrogen-bond acceptors (Lipinski definition) is 4. The van der Waals surface area contributed by atoms with E-state index >= 15 is 0 Å². The Kier molecular flexibility index (Phi) is 4.75. The predicted octanol–water partition coefficient (Wildman–Crippen LogP) is 2.64. The third-order valence-electron chi connectivity index (χ3n) is 4.99. The third kappa shape index (κ3) is 3.96. The van der Waals surface area contributed by atoms with Crippen LogP contribution in [-0.4, -0.2) is 50.3 Å². The summed E-state index contributed by atoms with van der Waals surface area (Å²) in [4.78, 5) is 29.7. The molecule has 3 heterocycles.